The highest BCUT2D eigenvalue weighted by Crippen LogP contribution is 2.20. The van der Waals surface area contributed by atoms with E-state index in [1.165, 1.54) is 17.0 Å². The smallest absolute Gasteiger partial charge is 0.321 e. The van der Waals surface area contributed by atoms with Crippen LogP contribution < -0.4 is 5.32 Å². The first-order valence-electron chi connectivity index (χ1n) is 7.50. The summed E-state index contributed by atoms with van der Waals surface area (Å²) < 4.78 is 18.8. The van der Waals surface area contributed by atoms with Gasteiger partial charge in [0.1, 0.15) is 5.82 Å². The zero-order chi connectivity index (χ0) is 16.1. The number of hydrogen-bond acceptors (Lipinski definition) is 3. The van der Waals surface area contributed by atoms with Crippen LogP contribution in [0.1, 0.15) is 25.3 Å². The molecule has 1 fully saturated rings. The van der Waals surface area contributed by atoms with Gasteiger partial charge in [0, 0.05) is 13.1 Å². The molecular formula is C16H21FN2O3. The van der Waals surface area contributed by atoms with Crippen molar-refractivity contribution in [2.45, 2.75) is 26.7 Å². The highest BCUT2D eigenvalue weighted by molar-refractivity contribution is 5.90. The molecule has 1 aromatic carbocycles. The molecular weight excluding hydrogens is 287 g/mol. The van der Waals surface area contributed by atoms with E-state index in [1.54, 1.807) is 19.9 Å². The van der Waals surface area contributed by atoms with E-state index in [-0.39, 0.29) is 17.6 Å². The normalized spacial score (nSPS) is 18.0. The van der Waals surface area contributed by atoms with Crippen LogP contribution in [0.2, 0.25) is 0 Å². The first-order chi connectivity index (χ1) is 10.5. The minimum absolute atomic E-state index is 0.147. The third kappa shape index (κ3) is 3.96. The summed E-state index contributed by atoms with van der Waals surface area (Å²) >= 11 is 0. The van der Waals surface area contributed by atoms with Crippen molar-refractivity contribution in [1.29, 1.82) is 0 Å². The van der Waals surface area contributed by atoms with Crippen LogP contribution in [0.3, 0.4) is 0 Å². The molecule has 6 heteroatoms. The Labute approximate surface area is 129 Å². The van der Waals surface area contributed by atoms with E-state index >= 15 is 0 Å². The van der Waals surface area contributed by atoms with Gasteiger partial charge in [-0.05, 0) is 44.4 Å². The molecule has 0 aromatic heterocycles. The Bertz CT molecular complexity index is 562. The minimum atomic E-state index is -0.465. The van der Waals surface area contributed by atoms with Gasteiger partial charge >= 0.3 is 12.0 Å². The van der Waals surface area contributed by atoms with E-state index in [2.05, 4.69) is 5.32 Å². The van der Waals surface area contributed by atoms with Gasteiger partial charge in [0.25, 0.3) is 0 Å². The largest absolute Gasteiger partial charge is 0.466 e. The van der Waals surface area contributed by atoms with Crippen LogP contribution >= 0.6 is 0 Å². The van der Waals surface area contributed by atoms with Crippen LogP contribution in [0.15, 0.2) is 18.2 Å². The molecule has 1 atom stereocenters. The van der Waals surface area contributed by atoms with E-state index in [0.29, 0.717) is 26.1 Å². The predicted molar refractivity (Wildman–Crippen MR) is 81.1 cm³/mol. The number of anilines is 1. The molecule has 0 unspecified atom stereocenters. The lowest BCUT2D eigenvalue weighted by atomic mass is 9.98. The fraction of sp³-hybridized carbons (Fsp3) is 0.500. The van der Waals surface area contributed by atoms with E-state index in [4.69, 9.17) is 4.74 Å². The number of carbonyl (C=O) groups excluding carboxylic acids is 2. The quantitative estimate of drug-likeness (QED) is 0.873. The molecule has 0 aliphatic carbocycles. The Morgan fingerprint density at radius 1 is 1.45 bits per heavy atom. The number of nitrogens with one attached hydrogen (secondary N) is 1. The number of carbonyl (C=O) groups is 2. The molecule has 0 bridgehead atoms. The molecule has 120 valence electrons. The average Bonchev–Trinajstić information content (AvgIpc) is 2.50. The first kappa shape index (κ1) is 16.3. The fourth-order valence-corrected chi connectivity index (χ4v) is 2.53. The lowest BCUT2D eigenvalue weighted by Crippen LogP contribution is -2.44. The topological polar surface area (TPSA) is 58.6 Å². The molecule has 1 aliphatic rings. The number of piperidine rings is 1. The van der Waals surface area contributed by atoms with Gasteiger partial charge in [-0.2, -0.15) is 0 Å². The second kappa shape index (κ2) is 7.24. The number of nitrogens with zero attached hydrogens (tertiary/aromatic N) is 1. The number of likely N-dealkylation sites (tertiary alicyclic amines) is 1. The molecule has 5 nitrogen and oxygen atoms in total. The summed E-state index contributed by atoms with van der Waals surface area (Å²) in [7, 11) is 0. The van der Waals surface area contributed by atoms with Crippen LogP contribution in [-0.2, 0) is 9.53 Å². The summed E-state index contributed by atoms with van der Waals surface area (Å²) in [4.78, 5) is 25.5. The Hall–Kier alpha value is -2.11. The molecule has 1 saturated heterocycles. The van der Waals surface area contributed by atoms with Crippen molar-refractivity contribution >= 4 is 17.7 Å². The van der Waals surface area contributed by atoms with Crippen LogP contribution in [-0.4, -0.2) is 36.6 Å². The number of aryl methyl sites for hydroxylation is 1. The molecule has 22 heavy (non-hydrogen) atoms. The van der Waals surface area contributed by atoms with Crippen molar-refractivity contribution in [3.05, 3.63) is 29.6 Å². The zero-order valence-electron chi connectivity index (χ0n) is 12.9. The molecule has 0 spiro atoms. The Morgan fingerprint density at radius 2 is 2.23 bits per heavy atom. The van der Waals surface area contributed by atoms with Crippen LogP contribution in [0.25, 0.3) is 0 Å². The molecule has 2 rings (SSSR count). The molecule has 2 amide bonds. The molecule has 0 saturated carbocycles. The van der Waals surface area contributed by atoms with Gasteiger partial charge in [-0.1, -0.05) is 6.07 Å². The predicted octanol–water partition coefficient (Wildman–Crippen LogP) is 2.94. The van der Waals surface area contributed by atoms with E-state index in [0.717, 1.165) is 12.0 Å². The summed E-state index contributed by atoms with van der Waals surface area (Å²) in [5.74, 6) is -1.05. The minimum Gasteiger partial charge on any atom is -0.466 e. The van der Waals surface area contributed by atoms with E-state index in [1.807, 2.05) is 0 Å². The summed E-state index contributed by atoms with van der Waals surface area (Å²) in [6.45, 7) is 4.72. The zero-order valence-corrected chi connectivity index (χ0v) is 12.9. The fourth-order valence-electron chi connectivity index (χ4n) is 2.53. The maximum Gasteiger partial charge on any atom is 0.321 e. The van der Waals surface area contributed by atoms with Gasteiger partial charge in [0.2, 0.25) is 0 Å². The number of benzene rings is 1. The number of hydrogen-bond donors (Lipinski definition) is 1. The maximum atomic E-state index is 13.8. The van der Waals surface area contributed by atoms with Crippen LogP contribution in [0.5, 0.6) is 0 Å². The van der Waals surface area contributed by atoms with Crippen LogP contribution in [0, 0.1) is 18.7 Å². The van der Waals surface area contributed by atoms with Gasteiger partial charge in [0.05, 0.1) is 18.2 Å². The van der Waals surface area contributed by atoms with Crippen molar-refractivity contribution < 1.29 is 18.7 Å². The lowest BCUT2D eigenvalue weighted by molar-refractivity contribution is -0.149. The number of esters is 1. The molecule has 1 N–H and O–H groups in total. The number of ether oxygens (including phenoxy) is 1. The summed E-state index contributed by atoms with van der Waals surface area (Å²) in [6.07, 6.45) is 1.44. The standard InChI is InChI=1S/C16H21FN2O3/c1-3-22-15(20)12-5-4-8-19(10-12)16(21)18-14-7-6-11(2)9-13(14)17/h6-7,9,12H,3-5,8,10H2,1-2H3,(H,18,21)/t12-/m0/s1. The second-order valence-electron chi connectivity index (χ2n) is 5.45. The second-order valence-corrected chi connectivity index (χ2v) is 5.45. The number of rotatable bonds is 3. The van der Waals surface area contributed by atoms with Gasteiger partial charge in [-0.25, -0.2) is 9.18 Å². The summed E-state index contributed by atoms with van der Waals surface area (Å²) in [5, 5.41) is 2.56. The van der Waals surface area contributed by atoms with Crippen molar-refractivity contribution in [2.24, 2.45) is 5.92 Å². The maximum absolute atomic E-state index is 13.8. The Morgan fingerprint density at radius 3 is 2.91 bits per heavy atom. The number of urea groups is 1. The summed E-state index contributed by atoms with van der Waals surface area (Å²) in [5.41, 5.74) is 0.935. The first-order valence-corrected chi connectivity index (χ1v) is 7.50. The summed E-state index contributed by atoms with van der Waals surface area (Å²) in [6, 6.07) is 4.25. The molecule has 0 radical (unpaired) electrons. The van der Waals surface area contributed by atoms with Gasteiger partial charge in [-0.3, -0.25) is 4.79 Å². The van der Waals surface area contributed by atoms with E-state index in [9.17, 15) is 14.0 Å². The van der Waals surface area contributed by atoms with Crippen molar-refractivity contribution in [3.63, 3.8) is 0 Å². The van der Waals surface area contributed by atoms with Crippen LogP contribution in [0.4, 0.5) is 14.9 Å². The third-order valence-electron chi connectivity index (χ3n) is 3.69. The monoisotopic (exact) mass is 308 g/mol. The molecule has 1 aliphatic heterocycles. The highest BCUT2D eigenvalue weighted by Gasteiger charge is 2.29. The average molecular weight is 308 g/mol. The Kier molecular flexibility index (Phi) is 5.35. The third-order valence-corrected chi connectivity index (χ3v) is 3.69. The highest BCUT2D eigenvalue weighted by atomic mass is 19.1. The van der Waals surface area contributed by atoms with Crippen molar-refractivity contribution in [3.8, 4) is 0 Å². The van der Waals surface area contributed by atoms with Crippen molar-refractivity contribution in [2.75, 3.05) is 25.0 Å². The SMILES string of the molecule is CCOC(=O)[C@H]1CCCN(C(=O)Nc2ccc(C)cc2F)C1. The lowest BCUT2D eigenvalue weighted by Gasteiger charge is -2.31. The van der Waals surface area contributed by atoms with Gasteiger partial charge in [-0.15, -0.1) is 0 Å². The van der Waals surface area contributed by atoms with Crippen molar-refractivity contribution in [1.82, 2.24) is 4.90 Å². The number of amides is 2. The Balaban J connectivity index is 1.98. The number of halogens is 1. The van der Waals surface area contributed by atoms with E-state index < -0.39 is 11.8 Å². The molecule has 1 aromatic rings. The van der Waals surface area contributed by atoms with Gasteiger partial charge < -0.3 is 15.0 Å². The van der Waals surface area contributed by atoms with Gasteiger partial charge in [0.15, 0.2) is 0 Å². The molecule has 1 heterocycles.